The van der Waals surface area contributed by atoms with Crippen molar-refractivity contribution < 1.29 is 43.5 Å². The molecule has 5 unspecified atom stereocenters. The Bertz CT molecular complexity index is 1410. The number of carbonyl (C=O) groups excluding carboxylic acids is 2. The van der Waals surface area contributed by atoms with Crippen LogP contribution in [0.15, 0.2) is 91.0 Å². The summed E-state index contributed by atoms with van der Waals surface area (Å²) in [5.74, 6) is -0.643. The Kier molecular flexibility index (Phi) is 12.8. The standard InChI is InChI=1S/C37H46N2O9/c1-24-18-19-29(20-38-36(42)45-22-27-14-8-4-9-15-27)47-35(24)48-34-30(39-37(43)46-23-28-16-10-5-11-17-28)33(25(2)31(40)32(34)41)44-21-26-12-6-3-7-13-26/h3-17,24-25,29-35,40-41H,18-23H2,1-2H3,(H,38,42)(H,39,43)/t24?,25-,29?,30-,31-,32?,33?,34?,35+/m0/s1. The van der Waals surface area contributed by atoms with Crippen LogP contribution in [0.2, 0.25) is 0 Å². The van der Waals surface area contributed by atoms with Crippen LogP contribution in [0.25, 0.3) is 0 Å². The SMILES string of the molecule is CC1CCC(CNC(=O)OCc2ccccc2)O[C@@H]1OC1C(O)[C@@H](O)[C@H](C)C(OCc2ccccc2)[C@@H]1NC(=O)OCc1ccccc1. The van der Waals surface area contributed by atoms with Crippen molar-refractivity contribution in [1.29, 1.82) is 0 Å². The highest BCUT2D eigenvalue weighted by molar-refractivity contribution is 5.68. The van der Waals surface area contributed by atoms with Crippen LogP contribution in [0.4, 0.5) is 9.59 Å². The lowest BCUT2D eigenvalue weighted by molar-refractivity contribution is -0.279. The molecule has 1 saturated heterocycles. The first-order valence-electron chi connectivity index (χ1n) is 16.5. The Balaban J connectivity index is 1.26. The Labute approximate surface area is 281 Å². The van der Waals surface area contributed by atoms with Crippen molar-refractivity contribution in [1.82, 2.24) is 10.6 Å². The molecule has 48 heavy (non-hydrogen) atoms. The van der Waals surface area contributed by atoms with Crippen LogP contribution in [-0.4, -0.2) is 71.8 Å². The highest BCUT2D eigenvalue weighted by Crippen LogP contribution is 2.35. The van der Waals surface area contributed by atoms with E-state index >= 15 is 0 Å². The van der Waals surface area contributed by atoms with Crippen LogP contribution in [0, 0.1) is 11.8 Å². The van der Waals surface area contributed by atoms with Crippen molar-refractivity contribution in [2.24, 2.45) is 11.8 Å². The maximum absolute atomic E-state index is 13.2. The zero-order valence-electron chi connectivity index (χ0n) is 27.4. The molecule has 0 bridgehead atoms. The maximum Gasteiger partial charge on any atom is 0.407 e. The first kappa shape index (κ1) is 35.3. The molecule has 9 atom stereocenters. The predicted octanol–water partition coefficient (Wildman–Crippen LogP) is 4.69. The molecular formula is C37H46N2O9. The molecule has 258 valence electrons. The molecule has 3 aromatic carbocycles. The number of alkyl carbamates (subject to hydrolysis) is 2. The molecule has 5 rings (SSSR count). The van der Waals surface area contributed by atoms with Gasteiger partial charge in [0.2, 0.25) is 0 Å². The van der Waals surface area contributed by atoms with Gasteiger partial charge in [0.25, 0.3) is 0 Å². The summed E-state index contributed by atoms with van der Waals surface area (Å²) >= 11 is 0. The number of hydrogen-bond donors (Lipinski definition) is 4. The van der Waals surface area contributed by atoms with E-state index in [1.807, 2.05) is 97.9 Å². The van der Waals surface area contributed by atoms with E-state index in [4.69, 9.17) is 23.7 Å². The van der Waals surface area contributed by atoms with Gasteiger partial charge in [-0.15, -0.1) is 0 Å². The van der Waals surface area contributed by atoms with Crippen molar-refractivity contribution in [3.8, 4) is 0 Å². The first-order chi connectivity index (χ1) is 23.3. The molecule has 11 heteroatoms. The van der Waals surface area contributed by atoms with E-state index < -0.39 is 54.9 Å². The predicted molar refractivity (Wildman–Crippen MR) is 176 cm³/mol. The highest BCUT2D eigenvalue weighted by atomic mass is 16.7. The number of rotatable bonds is 12. The van der Waals surface area contributed by atoms with E-state index in [1.54, 1.807) is 6.92 Å². The summed E-state index contributed by atoms with van der Waals surface area (Å²) in [5, 5.41) is 28.2. The summed E-state index contributed by atoms with van der Waals surface area (Å²) in [4.78, 5) is 25.5. The molecule has 1 heterocycles. The zero-order valence-corrected chi connectivity index (χ0v) is 27.4. The lowest BCUT2D eigenvalue weighted by atomic mass is 9.77. The fourth-order valence-electron chi connectivity index (χ4n) is 6.10. The second-order valence-electron chi connectivity index (χ2n) is 12.6. The lowest BCUT2D eigenvalue weighted by Crippen LogP contribution is -2.67. The van der Waals surface area contributed by atoms with Gasteiger partial charge >= 0.3 is 12.2 Å². The molecular weight excluding hydrogens is 616 g/mol. The monoisotopic (exact) mass is 662 g/mol. The first-order valence-corrected chi connectivity index (χ1v) is 16.5. The molecule has 2 aliphatic rings. The van der Waals surface area contributed by atoms with Crippen LogP contribution in [0.3, 0.4) is 0 Å². The normalized spacial score (nSPS) is 28.6. The third-order valence-corrected chi connectivity index (χ3v) is 8.95. The summed E-state index contributed by atoms with van der Waals surface area (Å²) in [6.45, 7) is 4.35. The van der Waals surface area contributed by atoms with Crippen LogP contribution < -0.4 is 10.6 Å². The van der Waals surface area contributed by atoms with Gasteiger partial charge in [0.1, 0.15) is 25.4 Å². The molecule has 0 radical (unpaired) electrons. The van der Waals surface area contributed by atoms with E-state index in [0.717, 1.165) is 23.1 Å². The lowest BCUT2D eigenvalue weighted by Gasteiger charge is -2.48. The topological polar surface area (TPSA) is 145 Å². The Morgan fingerprint density at radius 3 is 1.85 bits per heavy atom. The second-order valence-corrected chi connectivity index (χ2v) is 12.6. The van der Waals surface area contributed by atoms with Gasteiger partial charge in [-0.2, -0.15) is 0 Å². The van der Waals surface area contributed by atoms with Gasteiger partial charge in [-0.25, -0.2) is 9.59 Å². The molecule has 2 amide bonds. The van der Waals surface area contributed by atoms with Gasteiger partial charge in [0, 0.05) is 18.4 Å². The molecule has 11 nitrogen and oxygen atoms in total. The number of benzene rings is 3. The van der Waals surface area contributed by atoms with Gasteiger partial charge < -0.3 is 44.5 Å². The maximum atomic E-state index is 13.2. The van der Waals surface area contributed by atoms with Crippen molar-refractivity contribution in [3.63, 3.8) is 0 Å². The van der Waals surface area contributed by atoms with Gasteiger partial charge in [-0.1, -0.05) is 105 Å². The Morgan fingerprint density at radius 2 is 1.27 bits per heavy atom. The fourth-order valence-corrected chi connectivity index (χ4v) is 6.10. The zero-order chi connectivity index (χ0) is 33.9. The van der Waals surface area contributed by atoms with Gasteiger partial charge in [-0.05, 0) is 29.5 Å². The number of carbonyl (C=O) groups is 2. The van der Waals surface area contributed by atoms with Crippen LogP contribution in [0.5, 0.6) is 0 Å². The molecule has 3 aromatic rings. The molecule has 1 aliphatic carbocycles. The third-order valence-electron chi connectivity index (χ3n) is 8.95. The number of amides is 2. The quantitative estimate of drug-likeness (QED) is 0.217. The van der Waals surface area contributed by atoms with E-state index in [0.29, 0.717) is 6.42 Å². The number of ether oxygens (including phenoxy) is 5. The summed E-state index contributed by atoms with van der Waals surface area (Å²) < 4.78 is 29.9. The second kappa shape index (κ2) is 17.4. The number of aliphatic hydroxyl groups excluding tert-OH is 2. The van der Waals surface area contributed by atoms with Crippen molar-refractivity contribution in [3.05, 3.63) is 108 Å². The molecule has 1 aliphatic heterocycles. The Hall–Kier alpha value is -4.00. The highest BCUT2D eigenvalue weighted by Gasteiger charge is 2.51. The average Bonchev–Trinajstić information content (AvgIpc) is 3.12. The molecule has 0 aromatic heterocycles. The van der Waals surface area contributed by atoms with Gasteiger partial charge in [0.05, 0.1) is 31.0 Å². The Morgan fingerprint density at radius 1 is 0.729 bits per heavy atom. The molecule has 1 saturated carbocycles. The van der Waals surface area contributed by atoms with Gasteiger partial charge in [-0.3, -0.25) is 0 Å². The van der Waals surface area contributed by atoms with Crippen LogP contribution in [-0.2, 0) is 43.5 Å². The van der Waals surface area contributed by atoms with Gasteiger partial charge in [0.15, 0.2) is 6.29 Å². The van der Waals surface area contributed by atoms with Crippen molar-refractivity contribution in [2.45, 2.75) is 89.4 Å². The molecule has 2 fully saturated rings. The summed E-state index contributed by atoms with van der Waals surface area (Å²) in [6.07, 6.45) is -5.47. The van der Waals surface area contributed by atoms with E-state index in [2.05, 4.69) is 10.6 Å². The minimum Gasteiger partial charge on any atom is -0.445 e. The third kappa shape index (κ3) is 9.77. The number of nitrogens with one attached hydrogen (secondary N) is 2. The van der Waals surface area contributed by atoms with E-state index in [1.165, 1.54) is 0 Å². The minimum absolute atomic E-state index is 0.0480. The number of hydrogen-bond acceptors (Lipinski definition) is 9. The van der Waals surface area contributed by atoms with E-state index in [-0.39, 0.29) is 38.4 Å². The molecule has 4 N–H and O–H groups in total. The van der Waals surface area contributed by atoms with Crippen LogP contribution >= 0.6 is 0 Å². The fraction of sp³-hybridized carbons (Fsp3) is 0.459. The average molecular weight is 663 g/mol. The molecule has 0 spiro atoms. The summed E-state index contributed by atoms with van der Waals surface area (Å²) in [6, 6.07) is 27.4. The minimum atomic E-state index is -1.36. The van der Waals surface area contributed by atoms with Crippen molar-refractivity contribution in [2.75, 3.05) is 6.54 Å². The number of aliphatic hydroxyl groups is 2. The van der Waals surface area contributed by atoms with Crippen LogP contribution in [0.1, 0.15) is 43.4 Å². The summed E-state index contributed by atoms with van der Waals surface area (Å²) in [7, 11) is 0. The largest absolute Gasteiger partial charge is 0.445 e. The van der Waals surface area contributed by atoms with Crippen molar-refractivity contribution >= 4 is 12.2 Å². The van der Waals surface area contributed by atoms with E-state index in [9.17, 15) is 19.8 Å². The summed E-state index contributed by atoms with van der Waals surface area (Å²) in [5.41, 5.74) is 2.61. The smallest absolute Gasteiger partial charge is 0.407 e.